The lowest BCUT2D eigenvalue weighted by atomic mass is 10.3. The highest BCUT2D eigenvalue weighted by Crippen LogP contribution is 2.18. The van der Waals surface area contributed by atoms with Gasteiger partial charge in [-0.05, 0) is 25.2 Å². The molecule has 1 heterocycles. The maximum Gasteiger partial charge on any atom is 0.213 e. The number of nitrogens with zero attached hydrogens (tertiary/aromatic N) is 2. The Balaban J connectivity index is 3.11. The van der Waals surface area contributed by atoms with Gasteiger partial charge in [-0.25, -0.2) is 4.98 Å². The SMILES string of the molecule is COc1ccc(N=C=S)c(C)n1. The highest BCUT2D eigenvalue weighted by Gasteiger charge is 1.98. The Labute approximate surface area is 76.1 Å². The first-order chi connectivity index (χ1) is 5.77. The van der Waals surface area contributed by atoms with Crippen LogP contribution >= 0.6 is 12.2 Å². The van der Waals surface area contributed by atoms with Gasteiger partial charge in [0.1, 0.15) is 0 Å². The highest BCUT2D eigenvalue weighted by atomic mass is 32.1. The molecule has 0 bridgehead atoms. The van der Waals surface area contributed by atoms with Gasteiger partial charge in [0.05, 0.1) is 23.7 Å². The molecule has 0 radical (unpaired) electrons. The minimum atomic E-state index is 0.579. The molecule has 12 heavy (non-hydrogen) atoms. The largest absolute Gasteiger partial charge is 0.481 e. The third kappa shape index (κ3) is 1.87. The Kier molecular flexibility index (Phi) is 2.91. The average molecular weight is 180 g/mol. The zero-order chi connectivity index (χ0) is 8.97. The number of aryl methyl sites for hydroxylation is 1. The standard InChI is InChI=1S/C8H8N2OS/c1-6-7(9-5-12)3-4-8(10-6)11-2/h3-4H,1-2H3. The van der Waals surface area contributed by atoms with E-state index < -0.39 is 0 Å². The van der Waals surface area contributed by atoms with Gasteiger partial charge in [-0.2, -0.15) is 4.99 Å². The van der Waals surface area contributed by atoms with Gasteiger partial charge in [-0.1, -0.05) is 0 Å². The van der Waals surface area contributed by atoms with Gasteiger partial charge in [0.2, 0.25) is 5.88 Å². The number of isothiocyanates is 1. The molecule has 0 N–H and O–H groups in total. The van der Waals surface area contributed by atoms with Crippen molar-refractivity contribution in [3.8, 4) is 5.88 Å². The fourth-order valence-electron chi connectivity index (χ4n) is 0.812. The molecule has 0 aliphatic heterocycles. The van der Waals surface area contributed by atoms with Crippen molar-refractivity contribution in [1.82, 2.24) is 4.98 Å². The van der Waals surface area contributed by atoms with Crippen LogP contribution in [0.25, 0.3) is 0 Å². The van der Waals surface area contributed by atoms with Gasteiger partial charge in [0.15, 0.2) is 0 Å². The van der Waals surface area contributed by atoms with E-state index in [0.717, 1.165) is 11.4 Å². The fraction of sp³-hybridized carbons (Fsp3) is 0.250. The summed E-state index contributed by atoms with van der Waals surface area (Å²) in [6, 6.07) is 3.53. The average Bonchev–Trinajstić information content (AvgIpc) is 2.09. The van der Waals surface area contributed by atoms with E-state index in [-0.39, 0.29) is 0 Å². The lowest BCUT2D eigenvalue weighted by Crippen LogP contribution is -1.88. The second-order valence-corrected chi connectivity index (χ2v) is 2.34. The number of hydrogen-bond donors (Lipinski definition) is 0. The smallest absolute Gasteiger partial charge is 0.213 e. The summed E-state index contributed by atoms with van der Waals surface area (Å²) in [5, 5.41) is 2.29. The van der Waals surface area contributed by atoms with Gasteiger partial charge < -0.3 is 4.74 Å². The molecular formula is C8H8N2OS. The number of pyridine rings is 1. The molecule has 0 spiro atoms. The Bertz CT molecular complexity index is 332. The zero-order valence-electron chi connectivity index (χ0n) is 6.87. The van der Waals surface area contributed by atoms with Crippen LogP contribution in [0.4, 0.5) is 5.69 Å². The first-order valence-electron chi connectivity index (χ1n) is 3.37. The lowest BCUT2D eigenvalue weighted by Gasteiger charge is -2.00. The summed E-state index contributed by atoms with van der Waals surface area (Å²) in [7, 11) is 1.57. The van der Waals surface area contributed by atoms with Crippen molar-refractivity contribution in [1.29, 1.82) is 0 Å². The molecule has 62 valence electrons. The summed E-state index contributed by atoms with van der Waals surface area (Å²) < 4.78 is 4.93. The van der Waals surface area contributed by atoms with Crippen LogP contribution in [-0.2, 0) is 0 Å². The van der Waals surface area contributed by atoms with Crippen LogP contribution < -0.4 is 4.74 Å². The number of aromatic nitrogens is 1. The topological polar surface area (TPSA) is 34.5 Å². The number of ether oxygens (including phenoxy) is 1. The molecule has 4 heteroatoms. The molecule has 0 aromatic carbocycles. The van der Waals surface area contributed by atoms with Crippen LogP contribution in [0.2, 0.25) is 0 Å². The Morgan fingerprint density at radius 1 is 1.58 bits per heavy atom. The second kappa shape index (κ2) is 3.95. The fourth-order valence-corrected chi connectivity index (χ4v) is 0.910. The van der Waals surface area contributed by atoms with Gasteiger partial charge in [-0.15, -0.1) is 0 Å². The minimum Gasteiger partial charge on any atom is -0.481 e. The van der Waals surface area contributed by atoms with Crippen molar-refractivity contribution in [3.05, 3.63) is 17.8 Å². The molecule has 1 rings (SSSR count). The van der Waals surface area contributed by atoms with E-state index in [1.54, 1.807) is 19.2 Å². The van der Waals surface area contributed by atoms with Crippen LogP contribution in [0.15, 0.2) is 17.1 Å². The third-order valence-electron chi connectivity index (χ3n) is 1.41. The van der Waals surface area contributed by atoms with E-state index >= 15 is 0 Å². The summed E-state index contributed by atoms with van der Waals surface area (Å²) in [4.78, 5) is 7.94. The zero-order valence-corrected chi connectivity index (χ0v) is 7.68. The molecule has 0 aliphatic rings. The highest BCUT2D eigenvalue weighted by molar-refractivity contribution is 7.78. The van der Waals surface area contributed by atoms with Gasteiger partial charge in [0, 0.05) is 6.07 Å². The number of rotatable bonds is 2. The molecule has 0 unspecified atom stereocenters. The quantitative estimate of drug-likeness (QED) is 0.516. The molecule has 3 nitrogen and oxygen atoms in total. The molecule has 0 saturated heterocycles. The Hall–Kier alpha value is -1.25. The third-order valence-corrected chi connectivity index (χ3v) is 1.50. The first kappa shape index (κ1) is 8.84. The second-order valence-electron chi connectivity index (χ2n) is 2.16. The molecule has 1 aromatic rings. The van der Waals surface area contributed by atoms with E-state index in [4.69, 9.17) is 4.74 Å². The van der Waals surface area contributed by atoms with Crippen LogP contribution in [0, 0.1) is 6.92 Å². The lowest BCUT2D eigenvalue weighted by molar-refractivity contribution is 0.397. The van der Waals surface area contributed by atoms with Crippen molar-refractivity contribution in [3.63, 3.8) is 0 Å². The monoisotopic (exact) mass is 180 g/mol. The summed E-state index contributed by atoms with van der Waals surface area (Å²) in [5.74, 6) is 0.579. The summed E-state index contributed by atoms with van der Waals surface area (Å²) in [6.45, 7) is 1.84. The summed E-state index contributed by atoms with van der Waals surface area (Å²) >= 11 is 4.48. The predicted octanol–water partition coefficient (Wildman–Crippen LogP) is 2.13. The van der Waals surface area contributed by atoms with Crippen LogP contribution in [-0.4, -0.2) is 17.3 Å². The minimum absolute atomic E-state index is 0.579. The van der Waals surface area contributed by atoms with Crippen molar-refractivity contribution in [2.75, 3.05) is 7.11 Å². The Morgan fingerprint density at radius 3 is 2.83 bits per heavy atom. The van der Waals surface area contributed by atoms with E-state index in [9.17, 15) is 0 Å². The van der Waals surface area contributed by atoms with Crippen LogP contribution in [0.1, 0.15) is 5.69 Å². The van der Waals surface area contributed by atoms with E-state index in [2.05, 4.69) is 27.4 Å². The molecule has 0 amide bonds. The first-order valence-corrected chi connectivity index (χ1v) is 3.78. The summed E-state index contributed by atoms with van der Waals surface area (Å²) in [6.07, 6.45) is 0. The van der Waals surface area contributed by atoms with E-state index in [1.165, 1.54) is 0 Å². The molecule has 1 aromatic heterocycles. The molecular weight excluding hydrogens is 172 g/mol. The number of thiocarbonyl (C=S) groups is 1. The molecule has 0 saturated carbocycles. The maximum absolute atomic E-state index is 4.93. The predicted molar refractivity (Wildman–Crippen MR) is 50.2 cm³/mol. The number of aliphatic imine (C=N–C) groups is 1. The molecule has 0 atom stereocenters. The van der Waals surface area contributed by atoms with Crippen molar-refractivity contribution in [2.45, 2.75) is 6.92 Å². The Morgan fingerprint density at radius 2 is 2.33 bits per heavy atom. The molecule has 0 aliphatic carbocycles. The normalized spacial score (nSPS) is 8.83. The summed E-state index contributed by atoms with van der Waals surface area (Å²) in [5.41, 5.74) is 1.51. The van der Waals surface area contributed by atoms with Crippen molar-refractivity contribution < 1.29 is 4.74 Å². The van der Waals surface area contributed by atoms with Crippen molar-refractivity contribution >= 4 is 23.1 Å². The molecule has 0 fully saturated rings. The van der Waals surface area contributed by atoms with Gasteiger partial charge >= 0.3 is 0 Å². The maximum atomic E-state index is 4.93. The van der Waals surface area contributed by atoms with E-state index in [1.807, 2.05) is 6.92 Å². The van der Waals surface area contributed by atoms with Gasteiger partial charge in [-0.3, -0.25) is 0 Å². The van der Waals surface area contributed by atoms with E-state index in [0.29, 0.717) is 5.88 Å². The van der Waals surface area contributed by atoms with Crippen molar-refractivity contribution in [2.24, 2.45) is 4.99 Å². The van der Waals surface area contributed by atoms with Crippen LogP contribution in [0.5, 0.6) is 5.88 Å². The van der Waals surface area contributed by atoms with Gasteiger partial charge in [0.25, 0.3) is 0 Å². The number of methoxy groups -OCH3 is 1. The number of hydrogen-bond acceptors (Lipinski definition) is 4. The van der Waals surface area contributed by atoms with Crippen LogP contribution in [0.3, 0.4) is 0 Å².